The first kappa shape index (κ1) is 39.6. The molecule has 53 heavy (non-hydrogen) atoms. The van der Waals surface area contributed by atoms with Crippen LogP contribution in [0.5, 0.6) is 34.5 Å². The van der Waals surface area contributed by atoms with Gasteiger partial charge in [-0.2, -0.15) is 0 Å². The van der Waals surface area contributed by atoms with Crippen LogP contribution in [0.3, 0.4) is 0 Å². The fourth-order valence-electron chi connectivity index (χ4n) is 5.47. The molecule has 15 heteroatoms. The van der Waals surface area contributed by atoms with E-state index in [9.17, 15) is 9.59 Å². The molecule has 3 heterocycles. The summed E-state index contributed by atoms with van der Waals surface area (Å²) < 4.78 is 25.8. The van der Waals surface area contributed by atoms with Crippen LogP contribution in [0.25, 0.3) is 0 Å². The van der Waals surface area contributed by atoms with Gasteiger partial charge in [0.05, 0.1) is 27.6 Å². The number of amides is 2. The standard InChI is InChI=1S/C38H37Br3N4O8/c1-48-33-10-6-23-12-14-43-38(47)30(45-51-4)19-25-17-28(41)36(49-2)35(21-25)53-32-9-7-24(16-27(32)40)18-29(44-50-3)37(46)42-13-11-22-5-8-31(26(39)15-22)52-34(33)20-23/h5-10,15-17,20-21H,11-14,18-19H2,1-4H3,(H,42,46)(H,43,47)/b44-29+,45-30+. The third-order valence-electron chi connectivity index (χ3n) is 8.00. The Labute approximate surface area is 332 Å². The highest BCUT2D eigenvalue weighted by atomic mass is 79.9. The van der Waals surface area contributed by atoms with E-state index in [2.05, 4.69) is 68.7 Å². The van der Waals surface area contributed by atoms with Crippen LogP contribution in [-0.2, 0) is 44.9 Å². The molecule has 0 aromatic heterocycles. The highest BCUT2D eigenvalue weighted by Gasteiger charge is 2.20. The summed E-state index contributed by atoms with van der Waals surface area (Å²) in [5, 5.41) is 13.9. The number of rotatable bonds is 4. The van der Waals surface area contributed by atoms with Gasteiger partial charge < -0.3 is 39.3 Å². The fourth-order valence-corrected chi connectivity index (χ4v) is 7.14. The zero-order chi connectivity index (χ0) is 37.9. The van der Waals surface area contributed by atoms with Gasteiger partial charge in [0, 0.05) is 25.9 Å². The summed E-state index contributed by atoms with van der Waals surface area (Å²) in [7, 11) is 5.90. The van der Waals surface area contributed by atoms with Crippen molar-refractivity contribution in [1.29, 1.82) is 0 Å². The lowest BCUT2D eigenvalue weighted by molar-refractivity contribution is -0.115. The Bertz CT molecular complexity index is 2040. The van der Waals surface area contributed by atoms with E-state index in [-0.39, 0.29) is 36.1 Å². The van der Waals surface area contributed by atoms with Gasteiger partial charge in [0.1, 0.15) is 37.1 Å². The Balaban J connectivity index is 1.48. The van der Waals surface area contributed by atoms with E-state index in [4.69, 9.17) is 28.6 Å². The Morgan fingerprint density at radius 2 is 1.06 bits per heavy atom. The zero-order valence-corrected chi connectivity index (χ0v) is 34.1. The number of nitrogens with one attached hydrogen (secondary N) is 2. The maximum absolute atomic E-state index is 13.4. The van der Waals surface area contributed by atoms with Crippen molar-refractivity contribution in [1.82, 2.24) is 10.6 Å². The lowest BCUT2D eigenvalue weighted by Gasteiger charge is -2.16. The second-order valence-corrected chi connectivity index (χ2v) is 14.2. The van der Waals surface area contributed by atoms with Crippen LogP contribution in [0, 0.1) is 0 Å². The highest BCUT2D eigenvalue weighted by molar-refractivity contribution is 9.11. The predicted molar refractivity (Wildman–Crippen MR) is 212 cm³/mol. The number of benzene rings is 4. The quantitative estimate of drug-likeness (QED) is 0.199. The van der Waals surface area contributed by atoms with E-state index in [1.54, 1.807) is 19.2 Å². The molecule has 2 N–H and O–H groups in total. The molecule has 7 rings (SSSR count). The van der Waals surface area contributed by atoms with Crippen molar-refractivity contribution in [3.63, 3.8) is 0 Å². The molecule has 0 saturated carbocycles. The molecule has 0 atom stereocenters. The van der Waals surface area contributed by atoms with Gasteiger partial charge in [-0.05, 0) is 131 Å². The molecule has 12 nitrogen and oxygen atoms in total. The number of carbonyl (C=O) groups is 2. The van der Waals surface area contributed by atoms with Crippen molar-refractivity contribution in [3.05, 3.63) is 102 Å². The normalized spacial score (nSPS) is 15.8. The molecule has 278 valence electrons. The van der Waals surface area contributed by atoms with Crippen molar-refractivity contribution < 1.29 is 38.2 Å². The molecule has 4 aromatic carbocycles. The number of hydrogen-bond acceptors (Lipinski definition) is 10. The van der Waals surface area contributed by atoms with E-state index in [0.29, 0.717) is 74.9 Å². The summed E-state index contributed by atoms with van der Waals surface area (Å²) in [6, 6.07) is 20.4. The molecule has 0 saturated heterocycles. The van der Waals surface area contributed by atoms with Crippen molar-refractivity contribution >= 4 is 71.0 Å². The first-order valence-corrected chi connectivity index (χ1v) is 18.7. The first-order chi connectivity index (χ1) is 25.6. The number of halogens is 3. The van der Waals surface area contributed by atoms with Gasteiger partial charge in [0.2, 0.25) is 0 Å². The molecule has 3 aliphatic rings. The monoisotopic (exact) mass is 914 g/mol. The second-order valence-electron chi connectivity index (χ2n) is 11.6. The van der Waals surface area contributed by atoms with Crippen LogP contribution >= 0.6 is 47.8 Å². The molecule has 0 fully saturated rings. The Morgan fingerprint density at radius 1 is 0.566 bits per heavy atom. The van der Waals surface area contributed by atoms with Gasteiger partial charge in [0.15, 0.2) is 23.0 Å². The Morgan fingerprint density at radius 3 is 1.62 bits per heavy atom. The van der Waals surface area contributed by atoms with Gasteiger partial charge >= 0.3 is 0 Å². The van der Waals surface area contributed by atoms with Crippen molar-refractivity contribution in [2.75, 3.05) is 41.5 Å². The van der Waals surface area contributed by atoms with Crippen molar-refractivity contribution in [3.8, 4) is 34.5 Å². The maximum atomic E-state index is 13.4. The second kappa shape index (κ2) is 18.9. The molecule has 0 radical (unpaired) electrons. The van der Waals surface area contributed by atoms with E-state index in [0.717, 1.165) is 21.2 Å². The van der Waals surface area contributed by atoms with Gasteiger partial charge in [0.25, 0.3) is 11.8 Å². The van der Waals surface area contributed by atoms with Crippen molar-refractivity contribution in [2.24, 2.45) is 10.3 Å². The minimum Gasteiger partial charge on any atom is -0.493 e. The number of fused-ring (bicyclic) bond motifs is 2. The molecule has 8 bridgehead atoms. The summed E-state index contributed by atoms with van der Waals surface area (Å²) in [6.07, 6.45) is 1.41. The Kier molecular flexibility index (Phi) is 14.2. The van der Waals surface area contributed by atoms with Crippen LogP contribution < -0.4 is 29.6 Å². The Hall–Kier alpha value is -4.60. The number of carbonyl (C=O) groups excluding carboxylic acids is 2. The molecule has 4 aromatic rings. The highest BCUT2D eigenvalue weighted by Crippen LogP contribution is 2.41. The van der Waals surface area contributed by atoms with E-state index in [1.165, 1.54) is 21.3 Å². The lowest BCUT2D eigenvalue weighted by Crippen LogP contribution is -2.34. The number of nitrogens with zero attached hydrogens (tertiary/aromatic N) is 2. The molecule has 0 spiro atoms. The van der Waals surface area contributed by atoms with Gasteiger partial charge in [-0.3, -0.25) is 9.59 Å². The summed E-state index contributed by atoms with van der Waals surface area (Å²) in [6.45, 7) is 0.693. The molecule has 2 amide bonds. The topological polar surface area (TPSA) is 138 Å². The SMILES string of the molecule is CO/N=C1\Cc2ccc(c(Br)c2)Oc2cc(cc(Br)c2OC)C/C(=N\OC)C(=O)NCCc2ccc(OC)c(c2)Oc2ccc(cc2Br)CCNC1=O. The largest absolute Gasteiger partial charge is 0.493 e. The van der Waals surface area contributed by atoms with Crippen LogP contribution in [0.2, 0.25) is 0 Å². The summed E-state index contributed by atoms with van der Waals surface area (Å²) >= 11 is 10.8. The van der Waals surface area contributed by atoms with Crippen LogP contribution in [0.1, 0.15) is 22.3 Å². The van der Waals surface area contributed by atoms with E-state index >= 15 is 0 Å². The van der Waals surface area contributed by atoms with Crippen LogP contribution in [-0.4, -0.2) is 64.8 Å². The average molecular weight is 917 g/mol. The average Bonchev–Trinajstić information content (AvgIpc) is 3.13. The minimum absolute atomic E-state index is 0.136. The number of hydrogen-bond donors (Lipinski definition) is 2. The number of oxime groups is 2. The predicted octanol–water partition coefficient (Wildman–Crippen LogP) is 7.70. The lowest BCUT2D eigenvalue weighted by atomic mass is 10.1. The first-order valence-electron chi connectivity index (χ1n) is 16.3. The zero-order valence-electron chi connectivity index (χ0n) is 29.4. The summed E-state index contributed by atoms with van der Waals surface area (Å²) in [5.74, 6) is 2.27. The molecular weight excluding hydrogens is 880 g/mol. The third-order valence-corrected chi connectivity index (χ3v) is 9.83. The van der Waals surface area contributed by atoms with Crippen molar-refractivity contribution in [2.45, 2.75) is 25.7 Å². The van der Waals surface area contributed by atoms with Gasteiger partial charge in [-0.25, -0.2) is 0 Å². The number of ether oxygens (including phenoxy) is 4. The maximum Gasteiger partial charge on any atom is 0.269 e. The summed E-state index contributed by atoms with van der Waals surface area (Å²) in [5.41, 5.74) is 3.77. The summed E-state index contributed by atoms with van der Waals surface area (Å²) in [4.78, 5) is 36.6. The molecule has 0 aliphatic carbocycles. The van der Waals surface area contributed by atoms with Crippen LogP contribution in [0.4, 0.5) is 0 Å². The molecule has 0 unspecified atom stereocenters. The van der Waals surface area contributed by atoms with E-state index in [1.807, 2.05) is 54.6 Å². The van der Waals surface area contributed by atoms with Crippen LogP contribution in [0.15, 0.2) is 90.5 Å². The third kappa shape index (κ3) is 10.5. The molecular formula is C38H37Br3N4O8. The van der Waals surface area contributed by atoms with Gasteiger partial charge in [-0.1, -0.05) is 28.5 Å². The fraction of sp³-hybridized carbons (Fsp3) is 0.263. The smallest absolute Gasteiger partial charge is 0.269 e. The minimum atomic E-state index is -0.383. The van der Waals surface area contributed by atoms with E-state index < -0.39 is 0 Å². The number of methoxy groups -OCH3 is 2. The molecule has 3 aliphatic heterocycles. The van der Waals surface area contributed by atoms with Gasteiger partial charge in [-0.15, -0.1) is 0 Å².